The third kappa shape index (κ3) is 1.76. The highest BCUT2D eigenvalue weighted by Gasteiger charge is 2.16. The zero-order valence-electron chi connectivity index (χ0n) is 10.0. The molecule has 6 heteroatoms. The van der Waals surface area contributed by atoms with Crippen LogP contribution in [0.4, 0.5) is 0 Å². The average Bonchev–Trinajstić information content (AvgIpc) is 2.98. The minimum Gasteiger partial charge on any atom is -0.348 e. The molecule has 6 nitrogen and oxygen atoms in total. The zero-order chi connectivity index (χ0) is 12.5. The van der Waals surface area contributed by atoms with Crippen LogP contribution in [-0.4, -0.2) is 24.5 Å². The van der Waals surface area contributed by atoms with Crippen molar-refractivity contribution in [3.63, 3.8) is 0 Å². The molecule has 0 radical (unpaired) electrons. The van der Waals surface area contributed by atoms with Crippen LogP contribution in [0.1, 0.15) is 17.6 Å². The number of rotatable bonds is 3. The maximum Gasteiger partial charge on any atom is 0.159 e. The highest BCUT2D eigenvalue weighted by Crippen LogP contribution is 2.18. The number of H-pyrrole nitrogens is 1. The van der Waals surface area contributed by atoms with Crippen LogP contribution in [0.15, 0.2) is 30.9 Å². The lowest BCUT2D eigenvalue weighted by molar-refractivity contribution is 0.630. The molecule has 3 N–H and O–H groups in total. The van der Waals surface area contributed by atoms with Gasteiger partial charge in [0.25, 0.3) is 0 Å². The van der Waals surface area contributed by atoms with Crippen molar-refractivity contribution in [2.45, 2.75) is 12.5 Å². The molecule has 0 amide bonds. The highest BCUT2D eigenvalue weighted by atomic mass is 15.1. The van der Waals surface area contributed by atoms with Gasteiger partial charge in [0, 0.05) is 31.6 Å². The number of nitrogens with one attached hydrogen (secondary N) is 1. The summed E-state index contributed by atoms with van der Waals surface area (Å²) in [6.07, 6.45) is 5.87. The van der Waals surface area contributed by atoms with Gasteiger partial charge in [-0.15, -0.1) is 0 Å². The van der Waals surface area contributed by atoms with Gasteiger partial charge in [-0.3, -0.25) is 0 Å². The van der Waals surface area contributed by atoms with Crippen LogP contribution in [0, 0.1) is 0 Å². The van der Waals surface area contributed by atoms with E-state index in [0.717, 1.165) is 22.7 Å². The Hall–Kier alpha value is -2.21. The number of nitrogens with zero attached hydrogens (tertiary/aromatic N) is 4. The molecule has 0 aliphatic rings. The fourth-order valence-corrected chi connectivity index (χ4v) is 2.10. The topological polar surface area (TPSA) is 85.4 Å². The summed E-state index contributed by atoms with van der Waals surface area (Å²) in [6, 6.07) is 3.64. The molecular formula is C12H14N6. The molecule has 0 aliphatic heterocycles. The van der Waals surface area contributed by atoms with Crippen LogP contribution in [0.25, 0.3) is 11.2 Å². The molecule has 0 aromatic carbocycles. The number of hydrogen-bond acceptors (Lipinski definition) is 4. The number of nitrogens with two attached hydrogens (primary N) is 1. The monoisotopic (exact) mass is 242 g/mol. The van der Waals surface area contributed by atoms with Crippen LogP contribution in [0.3, 0.4) is 0 Å². The summed E-state index contributed by atoms with van der Waals surface area (Å²) in [6.45, 7) is 0. The molecule has 0 saturated carbocycles. The van der Waals surface area contributed by atoms with E-state index in [0.29, 0.717) is 6.42 Å². The molecule has 1 unspecified atom stereocenters. The Labute approximate surface area is 104 Å². The predicted molar refractivity (Wildman–Crippen MR) is 67.7 cm³/mol. The maximum atomic E-state index is 6.19. The van der Waals surface area contributed by atoms with E-state index in [2.05, 4.69) is 19.9 Å². The third-order valence-corrected chi connectivity index (χ3v) is 2.99. The first-order valence-corrected chi connectivity index (χ1v) is 5.76. The van der Waals surface area contributed by atoms with Gasteiger partial charge in [-0.05, 0) is 12.1 Å². The molecule has 1 atom stereocenters. The van der Waals surface area contributed by atoms with Gasteiger partial charge in [0.15, 0.2) is 5.65 Å². The quantitative estimate of drug-likeness (QED) is 0.715. The molecule has 0 saturated heterocycles. The second-order valence-corrected chi connectivity index (χ2v) is 4.26. The molecular weight excluding hydrogens is 228 g/mol. The maximum absolute atomic E-state index is 6.19. The highest BCUT2D eigenvalue weighted by molar-refractivity contribution is 5.71. The minimum atomic E-state index is -0.176. The Morgan fingerprint density at radius 1 is 1.50 bits per heavy atom. The minimum absolute atomic E-state index is 0.176. The normalized spacial score (nSPS) is 13.0. The predicted octanol–water partition coefficient (Wildman–Crippen LogP) is 0.934. The Morgan fingerprint density at radius 2 is 2.39 bits per heavy atom. The van der Waals surface area contributed by atoms with Crippen molar-refractivity contribution >= 4 is 11.2 Å². The molecule has 3 aromatic heterocycles. The van der Waals surface area contributed by atoms with E-state index in [4.69, 9.17) is 5.73 Å². The van der Waals surface area contributed by atoms with E-state index in [1.165, 1.54) is 0 Å². The average molecular weight is 242 g/mol. The summed E-state index contributed by atoms with van der Waals surface area (Å²) >= 11 is 0. The summed E-state index contributed by atoms with van der Waals surface area (Å²) in [7, 11) is 1.94. The molecule has 3 aromatic rings. The summed E-state index contributed by atoms with van der Waals surface area (Å²) in [5.74, 6) is 0.832. The zero-order valence-corrected chi connectivity index (χ0v) is 10.0. The van der Waals surface area contributed by atoms with E-state index in [-0.39, 0.29) is 6.04 Å². The molecule has 0 fully saturated rings. The van der Waals surface area contributed by atoms with E-state index in [1.807, 2.05) is 23.7 Å². The summed E-state index contributed by atoms with van der Waals surface area (Å²) in [4.78, 5) is 15.9. The standard InChI is InChI=1S/C12H14N6/c1-18-11(9(13)5-8-6-14-7-16-8)17-10-3-2-4-15-12(10)18/h2-4,6-7,9H,5,13H2,1H3,(H,14,16). The first kappa shape index (κ1) is 10.9. The SMILES string of the molecule is Cn1c(C(N)Cc2cnc[nH]2)nc2cccnc21. The number of aromatic amines is 1. The third-order valence-electron chi connectivity index (χ3n) is 2.99. The van der Waals surface area contributed by atoms with Crippen molar-refractivity contribution in [1.29, 1.82) is 0 Å². The second kappa shape index (κ2) is 4.23. The van der Waals surface area contributed by atoms with Crippen LogP contribution in [0.2, 0.25) is 0 Å². The van der Waals surface area contributed by atoms with Gasteiger partial charge in [-0.1, -0.05) is 0 Å². The number of aromatic nitrogens is 5. The largest absolute Gasteiger partial charge is 0.348 e. The van der Waals surface area contributed by atoms with Crippen molar-refractivity contribution in [3.05, 3.63) is 42.4 Å². The number of fused-ring (bicyclic) bond motifs is 1. The molecule has 18 heavy (non-hydrogen) atoms. The van der Waals surface area contributed by atoms with Crippen LogP contribution >= 0.6 is 0 Å². The first-order chi connectivity index (χ1) is 8.75. The van der Waals surface area contributed by atoms with E-state index in [1.54, 1.807) is 18.7 Å². The van der Waals surface area contributed by atoms with Gasteiger partial charge < -0.3 is 15.3 Å². The molecule has 3 heterocycles. The molecule has 3 rings (SSSR count). The van der Waals surface area contributed by atoms with E-state index >= 15 is 0 Å². The fourth-order valence-electron chi connectivity index (χ4n) is 2.10. The number of hydrogen-bond donors (Lipinski definition) is 2. The van der Waals surface area contributed by atoms with Gasteiger partial charge in [0.2, 0.25) is 0 Å². The van der Waals surface area contributed by atoms with Gasteiger partial charge in [0.1, 0.15) is 11.3 Å². The molecule has 0 bridgehead atoms. The van der Waals surface area contributed by atoms with Crippen molar-refractivity contribution in [2.24, 2.45) is 12.8 Å². The lowest BCUT2D eigenvalue weighted by Crippen LogP contribution is -2.18. The first-order valence-electron chi connectivity index (χ1n) is 5.76. The number of imidazole rings is 2. The number of pyridine rings is 1. The van der Waals surface area contributed by atoms with Gasteiger partial charge in [0.05, 0.1) is 12.4 Å². The van der Waals surface area contributed by atoms with Crippen LogP contribution in [0.5, 0.6) is 0 Å². The molecule has 0 spiro atoms. The second-order valence-electron chi connectivity index (χ2n) is 4.26. The Balaban J connectivity index is 1.96. The lowest BCUT2D eigenvalue weighted by atomic mass is 10.1. The smallest absolute Gasteiger partial charge is 0.159 e. The van der Waals surface area contributed by atoms with Gasteiger partial charge in [-0.2, -0.15) is 0 Å². The molecule has 0 aliphatic carbocycles. The number of aryl methyl sites for hydroxylation is 1. The fraction of sp³-hybridized carbons (Fsp3) is 0.250. The van der Waals surface area contributed by atoms with Crippen molar-refractivity contribution in [2.75, 3.05) is 0 Å². The summed E-state index contributed by atoms with van der Waals surface area (Å²) in [5.41, 5.74) is 8.92. The molecule has 92 valence electrons. The van der Waals surface area contributed by atoms with Gasteiger partial charge in [-0.25, -0.2) is 15.0 Å². The Morgan fingerprint density at radius 3 is 3.11 bits per heavy atom. The van der Waals surface area contributed by atoms with Gasteiger partial charge >= 0.3 is 0 Å². The van der Waals surface area contributed by atoms with Crippen LogP contribution < -0.4 is 5.73 Å². The van der Waals surface area contributed by atoms with E-state index < -0.39 is 0 Å². The summed E-state index contributed by atoms with van der Waals surface area (Å²) < 4.78 is 1.94. The summed E-state index contributed by atoms with van der Waals surface area (Å²) in [5, 5.41) is 0. The Kier molecular flexibility index (Phi) is 2.56. The van der Waals surface area contributed by atoms with E-state index in [9.17, 15) is 0 Å². The van der Waals surface area contributed by atoms with Crippen LogP contribution in [-0.2, 0) is 13.5 Å². The van der Waals surface area contributed by atoms with Crippen molar-refractivity contribution in [3.8, 4) is 0 Å². The van der Waals surface area contributed by atoms with Crippen molar-refractivity contribution in [1.82, 2.24) is 24.5 Å². The lowest BCUT2D eigenvalue weighted by Gasteiger charge is -2.09. The Bertz CT molecular complexity index is 654. The van der Waals surface area contributed by atoms with Crippen molar-refractivity contribution < 1.29 is 0 Å².